The largest absolute Gasteiger partial charge is 0.507 e. The Morgan fingerprint density at radius 1 is 1.17 bits per heavy atom. The van der Waals surface area contributed by atoms with E-state index in [1.807, 2.05) is 19.1 Å². The number of hydrogen-bond acceptors (Lipinski definition) is 5. The van der Waals surface area contributed by atoms with Gasteiger partial charge >= 0.3 is 0 Å². The van der Waals surface area contributed by atoms with Gasteiger partial charge in [-0.25, -0.2) is 0 Å². The zero-order valence-corrected chi connectivity index (χ0v) is 17.3. The maximum Gasteiger partial charge on any atom is 0.162 e. The Labute approximate surface area is 175 Å². The molecule has 5 rings (SSSR count). The zero-order valence-electron chi connectivity index (χ0n) is 16.5. The summed E-state index contributed by atoms with van der Waals surface area (Å²) >= 11 is 6.03. The van der Waals surface area contributed by atoms with Gasteiger partial charge in [0.05, 0.1) is 24.9 Å². The van der Waals surface area contributed by atoms with Crippen LogP contribution in [-0.2, 0) is 11.3 Å². The SMILES string of the molecule is Cc1cc(Cl)cc(O)c1-c1cc2ccn(CC3CCN(C4COC4)CC3)c2nn1. The molecule has 6 nitrogen and oxygen atoms in total. The fourth-order valence-corrected chi connectivity index (χ4v) is 4.79. The molecule has 2 aliphatic rings. The molecule has 0 saturated carbocycles. The Balaban J connectivity index is 1.34. The summed E-state index contributed by atoms with van der Waals surface area (Å²) in [5, 5.41) is 20.8. The Morgan fingerprint density at radius 2 is 1.97 bits per heavy atom. The summed E-state index contributed by atoms with van der Waals surface area (Å²) in [4.78, 5) is 2.57. The molecule has 152 valence electrons. The summed E-state index contributed by atoms with van der Waals surface area (Å²) in [6, 6.07) is 8.09. The van der Waals surface area contributed by atoms with Crippen molar-refractivity contribution >= 4 is 22.6 Å². The summed E-state index contributed by atoms with van der Waals surface area (Å²) < 4.78 is 7.54. The van der Waals surface area contributed by atoms with Crippen molar-refractivity contribution in [2.45, 2.75) is 32.4 Å². The number of benzene rings is 1. The molecule has 0 bridgehead atoms. The minimum atomic E-state index is 0.131. The van der Waals surface area contributed by atoms with Gasteiger partial charge in [0.2, 0.25) is 0 Å². The van der Waals surface area contributed by atoms with Crippen molar-refractivity contribution in [3.8, 4) is 17.0 Å². The number of ether oxygens (including phenoxy) is 1. The zero-order chi connectivity index (χ0) is 20.0. The van der Waals surface area contributed by atoms with Crippen molar-refractivity contribution in [1.82, 2.24) is 19.7 Å². The molecular formula is C22H25ClN4O2. The number of hydrogen-bond donors (Lipinski definition) is 1. The Hall–Kier alpha value is -2.15. The minimum Gasteiger partial charge on any atom is -0.507 e. The molecule has 7 heteroatoms. The van der Waals surface area contributed by atoms with Crippen molar-refractivity contribution in [1.29, 1.82) is 0 Å². The average molecular weight is 413 g/mol. The number of nitrogens with zero attached hydrogens (tertiary/aromatic N) is 4. The predicted octanol–water partition coefficient (Wildman–Crippen LogP) is 3.88. The molecule has 0 atom stereocenters. The molecule has 0 spiro atoms. The summed E-state index contributed by atoms with van der Waals surface area (Å²) in [6.07, 6.45) is 4.52. The molecule has 29 heavy (non-hydrogen) atoms. The topological polar surface area (TPSA) is 63.4 Å². The second kappa shape index (κ2) is 7.59. The van der Waals surface area contributed by atoms with Crippen LogP contribution in [0, 0.1) is 12.8 Å². The summed E-state index contributed by atoms with van der Waals surface area (Å²) in [5.74, 6) is 0.790. The number of halogens is 1. The van der Waals surface area contributed by atoms with Crippen LogP contribution in [0.15, 0.2) is 30.5 Å². The van der Waals surface area contributed by atoms with Gasteiger partial charge in [-0.1, -0.05) is 11.6 Å². The third-order valence-corrected chi connectivity index (χ3v) is 6.50. The fourth-order valence-electron chi connectivity index (χ4n) is 4.53. The highest BCUT2D eigenvalue weighted by Crippen LogP contribution is 2.35. The lowest BCUT2D eigenvalue weighted by Gasteiger charge is -2.41. The van der Waals surface area contributed by atoms with Crippen LogP contribution in [-0.4, -0.2) is 57.1 Å². The van der Waals surface area contributed by atoms with Gasteiger partial charge in [0.15, 0.2) is 5.65 Å². The molecule has 2 aromatic heterocycles. The van der Waals surface area contributed by atoms with E-state index >= 15 is 0 Å². The minimum absolute atomic E-state index is 0.131. The van der Waals surface area contributed by atoms with Crippen molar-refractivity contribution in [3.05, 3.63) is 41.0 Å². The third kappa shape index (κ3) is 3.61. The van der Waals surface area contributed by atoms with Crippen molar-refractivity contribution in [2.24, 2.45) is 5.92 Å². The normalized spacial score (nSPS) is 19.0. The highest BCUT2D eigenvalue weighted by atomic mass is 35.5. The molecule has 2 aliphatic heterocycles. The molecule has 3 aromatic rings. The predicted molar refractivity (Wildman–Crippen MR) is 113 cm³/mol. The van der Waals surface area contributed by atoms with Gasteiger partial charge < -0.3 is 14.4 Å². The first-order valence-electron chi connectivity index (χ1n) is 10.2. The monoisotopic (exact) mass is 412 g/mol. The number of fused-ring (bicyclic) bond motifs is 1. The first-order valence-corrected chi connectivity index (χ1v) is 10.6. The Bertz CT molecular complexity index is 1020. The van der Waals surface area contributed by atoms with E-state index in [1.54, 1.807) is 6.07 Å². The van der Waals surface area contributed by atoms with Crippen molar-refractivity contribution in [2.75, 3.05) is 26.3 Å². The lowest BCUT2D eigenvalue weighted by molar-refractivity contribution is -0.0742. The highest BCUT2D eigenvalue weighted by Gasteiger charge is 2.29. The third-order valence-electron chi connectivity index (χ3n) is 6.29. The van der Waals surface area contributed by atoms with E-state index in [1.165, 1.54) is 12.8 Å². The second-order valence-electron chi connectivity index (χ2n) is 8.26. The summed E-state index contributed by atoms with van der Waals surface area (Å²) in [7, 11) is 0. The summed E-state index contributed by atoms with van der Waals surface area (Å²) in [6.45, 7) is 6.99. The molecule has 0 aliphatic carbocycles. The number of phenols is 1. The van der Waals surface area contributed by atoms with Crippen LogP contribution in [0.1, 0.15) is 18.4 Å². The molecule has 0 unspecified atom stereocenters. The van der Waals surface area contributed by atoms with Crippen LogP contribution in [0.4, 0.5) is 0 Å². The number of rotatable bonds is 4. The number of likely N-dealkylation sites (tertiary alicyclic amines) is 1. The molecule has 4 heterocycles. The number of piperidine rings is 1. The molecule has 2 fully saturated rings. The van der Waals surface area contributed by atoms with Crippen LogP contribution in [0.5, 0.6) is 5.75 Å². The first-order chi connectivity index (χ1) is 14.1. The van der Waals surface area contributed by atoms with Gasteiger partial charge in [0.1, 0.15) is 5.75 Å². The molecule has 1 N–H and O–H groups in total. The van der Waals surface area contributed by atoms with Crippen LogP contribution in [0.3, 0.4) is 0 Å². The number of aromatic hydroxyl groups is 1. The lowest BCUT2D eigenvalue weighted by Crippen LogP contribution is -2.52. The summed E-state index contributed by atoms with van der Waals surface area (Å²) in [5.41, 5.74) is 3.13. The molecular weight excluding hydrogens is 388 g/mol. The number of aromatic nitrogens is 3. The molecule has 2 saturated heterocycles. The van der Waals surface area contributed by atoms with E-state index < -0.39 is 0 Å². The maximum atomic E-state index is 10.3. The van der Waals surface area contributed by atoms with E-state index in [4.69, 9.17) is 16.3 Å². The van der Waals surface area contributed by atoms with Gasteiger partial charge in [-0.15, -0.1) is 10.2 Å². The van der Waals surface area contributed by atoms with Gasteiger partial charge in [-0.2, -0.15) is 0 Å². The van der Waals surface area contributed by atoms with Crippen LogP contribution < -0.4 is 0 Å². The Morgan fingerprint density at radius 3 is 2.66 bits per heavy atom. The second-order valence-corrected chi connectivity index (χ2v) is 8.70. The Kier molecular flexibility index (Phi) is 4.94. The van der Waals surface area contributed by atoms with Crippen LogP contribution in [0.2, 0.25) is 5.02 Å². The van der Waals surface area contributed by atoms with Crippen molar-refractivity contribution < 1.29 is 9.84 Å². The van der Waals surface area contributed by atoms with Crippen LogP contribution in [0.25, 0.3) is 22.3 Å². The number of phenolic OH excluding ortho intramolecular Hbond substituents is 1. The van der Waals surface area contributed by atoms with E-state index in [2.05, 4.69) is 31.9 Å². The average Bonchev–Trinajstić information content (AvgIpc) is 3.03. The van der Waals surface area contributed by atoms with E-state index in [0.29, 0.717) is 28.2 Å². The van der Waals surface area contributed by atoms with Gasteiger partial charge in [-0.05, 0) is 68.6 Å². The van der Waals surface area contributed by atoms with E-state index in [-0.39, 0.29) is 5.75 Å². The lowest BCUT2D eigenvalue weighted by atomic mass is 9.95. The number of aryl methyl sites for hydroxylation is 1. The molecule has 0 radical (unpaired) electrons. The first kappa shape index (κ1) is 18.9. The molecule has 1 aromatic carbocycles. The maximum absolute atomic E-state index is 10.3. The van der Waals surface area contributed by atoms with Gasteiger partial charge in [-0.3, -0.25) is 4.90 Å². The smallest absolute Gasteiger partial charge is 0.162 e. The highest BCUT2D eigenvalue weighted by molar-refractivity contribution is 6.31. The van der Waals surface area contributed by atoms with E-state index in [0.717, 1.165) is 49.4 Å². The van der Waals surface area contributed by atoms with Crippen molar-refractivity contribution in [3.63, 3.8) is 0 Å². The van der Waals surface area contributed by atoms with Gasteiger partial charge in [0, 0.05) is 28.7 Å². The standard InChI is InChI=1S/C22H25ClN4O2/c1-14-8-17(23)10-20(28)21(14)19-9-16-4-7-27(22(16)25-24-19)11-15-2-5-26(6-3-15)18-12-29-13-18/h4,7-10,15,18,28H,2-3,5-6,11-13H2,1H3. The molecule has 0 amide bonds. The fraction of sp³-hybridized carbons (Fsp3) is 0.455. The van der Waals surface area contributed by atoms with E-state index in [9.17, 15) is 5.11 Å². The quantitative estimate of drug-likeness (QED) is 0.704. The van der Waals surface area contributed by atoms with Gasteiger partial charge in [0.25, 0.3) is 0 Å². The van der Waals surface area contributed by atoms with Crippen LogP contribution >= 0.6 is 11.6 Å².